The van der Waals surface area contributed by atoms with Gasteiger partial charge < -0.3 is 22.5 Å². The molecule has 4 rings (SSSR count). The summed E-state index contributed by atoms with van der Waals surface area (Å²) in [6, 6.07) is 5.92. The Balaban J connectivity index is 1.50. The molecule has 8 heteroatoms. The van der Waals surface area contributed by atoms with Gasteiger partial charge in [0.15, 0.2) is 0 Å². The molecule has 0 spiro atoms. The highest BCUT2D eigenvalue weighted by molar-refractivity contribution is 7.18. The molecule has 2 aliphatic rings. The maximum absolute atomic E-state index is 12.7. The second-order valence-electron chi connectivity index (χ2n) is 6.78. The first-order chi connectivity index (χ1) is 13.0. The minimum absolute atomic E-state index is 0.223. The smallest absolute Gasteiger partial charge is 0.263 e. The van der Waals surface area contributed by atoms with E-state index in [2.05, 4.69) is 5.32 Å². The van der Waals surface area contributed by atoms with Gasteiger partial charge in [-0.3, -0.25) is 9.63 Å². The molecule has 0 saturated heterocycles. The van der Waals surface area contributed by atoms with Gasteiger partial charge in [0.2, 0.25) is 0 Å². The second kappa shape index (κ2) is 6.79. The van der Waals surface area contributed by atoms with Gasteiger partial charge in [0.25, 0.3) is 5.91 Å². The molecule has 0 atom stereocenters. The lowest BCUT2D eigenvalue weighted by molar-refractivity contribution is 0.0956. The summed E-state index contributed by atoms with van der Waals surface area (Å²) in [4.78, 5) is 18.3. The molecule has 1 amide bonds. The number of nitrogens with zero attached hydrogens (tertiary/aromatic N) is 1. The molecule has 142 valence electrons. The summed E-state index contributed by atoms with van der Waals surface area (Å²) in [7, 11) is 1.62. The molecule has 2 heterocycles. The lowest BCUT2D eigenvalue weighted by Crippen LogP contribution is -2.22. The highest BCUT2D eigenvalue weighted by Gasteiger charge is 2.29. The summed E-state index contributed by atoms with van der Waals surface area (Å²) in [5, 5.41) is 5.21. The predicted octanol–water partition coefficient (Wildman–Crippen LogP) is 3.10. The number of nitrogens with two attached hydrogens (primary N) is 3. The third-order valence-electron chi connectivity index (χ3n) is 5.05. The summed E-state index contributed by atoms with van der Waals surface area (Å²) in [6.45, 7) is 0.404. The van der Waals surface area contributed by atoms with Gasteiger partial charge in [-0.2, -0.15) is 0 Å². The van der Waals surface area contributed by atoms with Crippen molar-refractivity contribution < 1.29 is 9.63 Å². The minimum Gasteiger partial charge on any atom is -0.402 e. The van der Waals surface area contributed by atoms with Crippen molar-refractivity contribution in [2.75, 3.05) is 23.6 Å². The number of carbonyl (C=O) groups is 1. The van der Waals surface area contributed by atoms with Gasteiger partial charge in [0.05, 0.1) is 29.2 Å². The largest absolute Gasteiger partial charge is 0.402 e. The number of benzene rings is 1. The van der Waals surface area contributed by atoms with Crippen LogP contribution in [0.5, 0.6) is 0 Å². The van der Waals surface area contributed by atoms with E-state index in [0.717, 1.165) is 59.5 Å². The second-order valence-corrected chi connectivity index (χ2v) is 7.83. The van der Waals surface area contributed by atoms with Gasteiger partial charge >= 0.3 is 0 Å². The van der Waals surface area contributed by atoms with Crippen LogP contribution in [-0.4, -0.2) is 13.0 Å². The lowest BCUT2D eigenvalue weighted by atomic mass is 9.91. The average Bonchev–Trinajstić information content (AvgIpc) is 3.29. The normalized spacial score (nSPS) is 15.7. The maximum atomic E-state index is 12.7. The van der Waals surface area contributed by atoms with Crippen molar-refractivity contribution in [3.05, 3.63) is 39.9 Å². The Bertz CT molecular complexity index is 950. The Morgan fingerprint density at radius 1 is 1.22 bits per heavy atom. The first-order valence-electron chi connectivity index (χ1n) is 8.92. The van der Waals surface area contributed by atoms with E-state index in [1.165, 1.54) is 11.3 Å². The van der Waals surface area contributed by atoms with Crippen molar-refractivity contribution in [1.82, 2.24) is 5.32 Å². The quantitative estimate of drug-likeness (QED) is 0.587. The molecule has 1 aliphatic heterocycles. The molecular weight excluding hydrogens is 362 g/mol. The van der Waals surface area contributed by atoms with Gasteiger partial charge in [0, 0.05) is 17.8 Å². The van der Waals surface area contributed by atoms with Crippen LogP contribution in [0.15, 0.2) is 23.9 Å². The number of thiophene rings is 1. The third kappa shape index (κ3) is 3.11. The minimum atomic E-state index is -0.223. The van der Waals surface area contributed by atoms with Crippen LogP contribution in [0.4, 0.5) is 22.1 Å². The zero-order chi connectivity index (χ0) is 19.1. The molecule has 0 bridgehead atoms. The van der Waals surface area contributed by atoms with Gasteiger partial charge in [-0.15, -0.1) is 11.3 Å². The topological polar surface area (TPSA) is 119 Å². The first kappa shape index (κ1) is 17.7. The van der Waals surface area contributed by atoms with Crippen molar-refractivity contribution >= 4 is 44.9 Å². The molecule has 0 radical (unpaired) electrons. The monoisotopic (exact) mass is 385 g/mol. The fourth-order valence-electron chi connectivity index (χ4n) is 3.60. The van der Waals surface area contributed by atoms with E-state index in [9.17, 15) is 4.79 Å². The van der Waals surface area contributed by atoms with E-state index in [0.29, 0.717) is 22.1 Å². The number of nitrogen functional groups attached to an aromatic ring is 2. The molecule has 0 unspecified atom stereocenters. The summed E-state index contributed by atoms with van der Waals surface area (Å²) in [5.41, 5.74) is 24.7. The zero-order valence-electron chi connectivity index (χ0n) is 15.2. The molecule has 7 nitrogen and oxygen atoms in total. The van der Waals surface area contributed by atoms with Crippen LogP contribution in [0.3, 0.4) is 0 Å². The molecule has 7 N–H and O–H groups in total. The average molecular weight is 385 g/mol. The van der Waals surface area contributed by atoms with E-state index in [1.807, 2.05) is 18.2 Å². The number of amides is 1. The van der Waals surface area contributed by atoms with E-state index < -0.39 is 0 Å². The van der Waals surface area contributed by atoms with Crippen LogP contribution in [0.25, 0.3) is 5.57 Å². The fraction of sp³-hybridized carbons (Fsp3) is 0.316. The van der Waals surface area contributed by atoms with Crippen LogP contribution in [-0.2, 0) is 11.4 Å². The SMILES string of the molecule is CON1c2ccc(CNC(=O)c3sc(N)c(C4=C(N)CCCC4)c3N)cc21. The van der Waals surface area contributed by atoms with Crippen LogP contribution in [0, 0.1) is 0 Å². The Kier molecular flexibility index (Phi) is 4.45. The molecule has 2 aromatic rings. The highest BCUT2D eigenvalue weighted by Crippen LogP contribution is 2.48. The number of fused-ring (bicyclic) bond motifs is 1. The molecule has 0 fully saturated rings. The molecular formula is C19H23N5O2S. The van der Waals surface area contributed by atoms with Crippen molar-refractivity contribution in [2.24, 2.45) is 5.73 Å². The number of rotatable bonds is 5. The number of hydrogen-bond acceptors (Lipinski definition) is 7. The Hall–Kier alpha value is -2.71. The lowest BCUT2D eigenvalue weighted by Gasteiger charge is -2.18. The van der Waals surface area contributed by atoms with Gasteiger partial charge in [0.1, 0.15) is 4.88 Å². The van der Waals surface area contributed by atoms with E-state index in [4.69, 9.17) is 22.0 Å². The van der Waals surface area contributed by atoms with E-state index in [1.54, 1.807) is 12.2 Å². The third-order valence-corrected chi connectivity index (χ3v) is 6.09. The van der Waals surface area contributed by atoms with Gasteiger partial charge in [-0.25, -0.2) is 5.06 Å². The van der Waals surface area contributed by atoms with Crippen LogP contribution >= 0.6 is 11.3 Å². The summed E-state index contributed by atoms with van der Waals surface area (Å²) < 4.78 is 0. The fourth-order valence-corrected chi connectivity index (χ4v) is 4.53. The van der Waals surface area contributed by atoms with E-state index in [-0.39, 0.29) is 5.91 Å². The molecule has 1 aromatic carbocycles. The number of anilines is 4. The van der Waals surface area contributed by atoms with Crippen molar-refractivity contribution in [3.8, 4) is 0 Å². The maximum Gasteiger partial charge on any atom is 0.263 e. The van der Waals surface area contributed by atoms with Crippen LogP contribution < -0.4 is 27.6 Å². The van der Waals surface area contributed by atoms with Crippen LogP contribution in [0.1, 0.15) is 46.5 Å². The Labute approximate surface area is 161 Å². The Morgan fingerprint density at radius 3 is 2.74 bits per heavy atom. The number of allylic oxidation sites excluding steroid dienone is 2. The summed E-state index contributed by atoms with van der Waals surface area (Å²) in [6.07, 6.45) is 3.84. The summed E-state index contributed by atoms with van der Waals surface area (Å²) >= 11 is 1.22. The highest BCUT2D eigenvalue weighted by atomic mass is 32.1. The van der Waals surface area contributed by atoms with Crippen molar-refractivity contribution in [3.63, 3.8) is 0 Å². The van der Waals surface area contributed by atoms with Crippen molar-refractivity contribution in [2.45, 2.75) is 32.2 Å². The van der Waals surface area contributed by atoms with Gasteiger partial charge in [-0.05, 0) is 49.0 Å². The zero-order valence-corrected chi connectivity index (χ0v) is 16.0. The van der Waals surface area contributed by atoms with Gasteiger partial charge in [-0.1, -0.05) is 6.07 Å². The van der Waals surface area contributed by atoms with Crippen LogP contribution in [0.2, 0.25) is 0 Å². The van der Waals surface area contributed by atoms with E-state index >= 15 is 0 Å². The number of nitrogens with one attached hydrogen (secondary N) is 1. The molecule has 1 aromatic heterocycles. The molecule has 27 heavy (non-hydrogen) atoms. The number of hydrogen-bond donors (Lipinski definition) is 4. The summed E-state index contributed by atoms with van der Waals surface area (Å²) in [5.74, 6) is -0.223. The molecule has 0 saturated carbocycles. The number of carbonyl (C=O) groups excluding carboxylic acids is 1. The molecule has 1 aliphatic carbocycles. The van der Waals surface area contributed by atoms with Crippen molar-refractivity contribution in [1.29, 1.82) is 0 Å². The standard InChI is InChI=1S/C19H23N5O2S/c1-26-24-13-7-6-10(8-14(13)24)9-23-19(25)17-16(21)15(18(22)27-17)11-4-2-3-5-12(11)20/h6-8H,2-5,9,20-22H2,1H3,(H,23,25). The predicted molar refractivity (Wildman–Crippen MR) is 109 cm³/mol. The Morgan fingerprint density at radius 2 is 2.00 bits per heavy atom. The first-order valence-corrected chi connectivity index (χ1v) is 9.74.